The van der Waals surface area contributed by atoms with Crippen LogP contribution in [0.15, 0.2) is 41.3 Å². The van der Waals surface area contributed by atoms with Crippen molar-refractivity contribution in [3.05, 3.63) is 58.9 Å². The molecule has 8 nitrogen and oxygen atoms in total. The van der Waals surface area contributed by atoms with Crippen LogP contribution in [0.25, 0.3) is 0 Å². The molecule has 0 aliphatic carbocycles. The number of sulfonamides is 1. The predicted octanol–water partition coefficient (Wildman–Crippen LogP) is 1.51. The van der Waals surface area contributed by atoms with Crippen LogP contribution in [-0.2, 0) is 14.8 Å². The minimum Gasteiger partial charge on any atom is -0.379 e. The maximum Gasteiger partial charge on any atom is 0.258 e. The third kappa shape index (κ3) is 4.44. The Morgan fingerprint density at radius 1 is 1.10 bits per heavy atom. The van der Waals surface area contributed by atoms with Crippen molar-refractivity contribution in [2.75, 3.05) is 31.6 Å². The van der Waals surface area contributed by atoms with Gasteiger partial charge in [-0.3, -0.25) is 9.59 Å². The average Bonchev–Trinajstić information content (AvgIpc) is 2.68. The standard InChI is InChI=1S/C19H20FN3O5S/c1-12-10-13(2-4-15(12)18(21)24)22-19(25)16-11-14(3-5-17(16)20)29(26,27)23-6-8-28-9-7-23/h2-5,10-11H,6-9H2,1H3,(H2,21,24)(H,22,25). The van der Waals surface area contributed by atoms with E-state index in [1.165, 1.54) is 22.5 Å². The summed E-state index contributed by atoms with van der Waals surface area (Å²) >= 11 is 0. The Labute approximate surface area is 167 Å². The lowest BCUT2D eigenvalue weighted by atomic mass is 10.1. The van der Waals surface area contributed by atoms with E-state index in [0.717, 1.165) is 18.2 Å². The van der Waals surface area contributed by atoms with E-state index < -0.39 is 33.2 Å². The summed E-state index contributed by atoms with van der Waals surface area (Å²) in [4.78, 5) is 23.7. The number of benzene rings is 2. The first-order chi connectivity index (χ1) is 13.7. The van der Waals surface area contributed by atoms with Gasteiger partial charge < -0.3 is 15.8 Å². The average molecular weight is 421 g/mol. The fourth-order valence-corrected chi connectivity index (χ4v) is 4.43. The maximum atomic E-state index is 14.3. The fourth-order valence-electron chi connectivity index (χ4n) is 2.99. The zero-order valence-corrected chi connectivity index (χ0v) is 16.5. The largest absolute Gasteiger partial charge is 0.379 e. The van der Waals surface area contributed by atoms with Crippen LogP contribution in [0, 0.1) is 12.7 Å². The molecule has 0 atom stereocenters. The van der Waals surface area contributed by atoms with Crippen LogP contribution in [-0.4, -0.2) is 50.8 Å². The number of nitrogens with one attached hydrogen (secondary N) is 1. The highest BCUT2D eigenvalue weighted by molar-refractivity contribution is 7.89. The van der Waals surface area contributed by atoms with Crippen molar-refractivity contribution in [1.29, 1.82) is 0 Å². The minimum atomic E-state index is -3.87. The number of nitrogens with two attached hydrogens (primary N) is 1. The second-order valence-corrected chi connectivity index (χ2v) is 8.44. The van der Waals surface area contributed by atoms with E-state index in [0.29, 0.717) is 16.8 Å². The van der Waals surface area contributed by atoms with Crippen LogP contribution in [0.2, 0.25) is 0 Å². The maximum absolute atomic E-state index is 14.3. The number of anilines is 1. The first-order valence-electron chi connectivity index (χ1n) is 8.79. The Hall–Kier alpha value is -2.82. The first kappa shape index (κ1) is 20.9. The number of carbonyl (C=O) groups excluding carboxylic acids is 2. The molecule has 1 aliphatic rings. The molecule has 2 aromatic carbocycles. The number of hydrogen-bond donors (Lipinski definition) is 2. The first-order valence-corrected chi connectivity index (χ1v) is 10.2. The number of rotatable bonds is 5. The molecule has 3 N–H and O–H groups in total. The van der Waals surface area contributed by atoms with Crippen molar-refractivity contribution in [3.63, 3.8) is 0 Å². The van der Waals surface area contributed by atoms with E-state index in [9.17, 15) is 22.4 Å². The van der Waals surface area contributed by atoms with Gasteiger partial charge in [-0.1, -0.05) is 0 Å². The van der Waals surface area contributed by atoms with Crippen molar-refractivity contribution in [3.8, 4) is 0 Å². The molecule has 0 saturated carbocycles. The number of aryl methyl sites for hydroxylation is 1. The van der Waals surface area contributed by atoms with Crippen molar-refractivity contribution < 1.29 is 27.1 Å². The van der Waals surface area contributed by atoms with Gasteiger partial charge in [0.1, 0.15) is 5.82 Å². The van der Waals surface area contributed by atoms with E-state index >= 15 is 0 Å². The number of carbonyl (C=O) groups is 2. The highest BCUT2D eigenvalue weighted by Gasteiger charge is 2.28. The molecule has 29 heavy (non-hydrogen) atoms. The molecule has 10 heteroatoms. The highest BCUT2D eigenvalue weighted by atomic mass is 32.2. The Morgan fingerprint density at radius 3 is 2.41 bits per heavy atom. The van der Waals surface area contributed by atoms with Gasteiger partial charge in [-0.25, -0.2) is 12.8 Å². The summed E-state index contributed by atoms with van der Waals surface area (Å²) < 4.78 is 46.1. The van der Waals surface area contributed by atoms with E-state index in [1.54, 1.807) is 6.92 Å². The molecule has 3 rings (SSSR count). The fraction of sp³-hybridized carbons (Fsp3) is 0.263. The van der Waals surface area contributed by atoms with Gasteiger partial charge in [0.15, 0.2) is 0 Å². The summed E-state index contributed by atoms with van der Waals surface area (Å²) in [6.45, 7) is 2.56. The van der Waals surface area contributed by atoms with Gasteiger partial charge in [0.2, 0.25) is 15.9 Å². The SMILES string of the molecule is Cc1cc(NC(=O)c2cc(S(=O)(=O)N3CCOCC3)ccc2F)ccc1C(N)=O. The zero-order chi connectivity index (χ0) is 21.2. The molecule has 0 radical (unpaired) electrons. The third-order valence-electron chi connectivity index (χ3n) is 4.54. The van der Waals surface area contributed by atoms with Crippen molar-refractivity contribution in [2.24, 2.45) is 5.73 Å². The Bertz CT molecular complexity index is 1070. The van der Waals surface area contributed by atoms with E-state index in [4.69, 9.17) is 10.5 Å². The predicted molar refractivity (Wildman–Crippen MR) is 104 cm³/mol. The number of amides is 2. The molecule has 1 saturated heterocycles. The molecule has 0 bridgehead atoms. The van der Waals surface area contributed by atoms with Gasteiger partial charge in [-0.15, -0.1) is 0 Å². The number of halogens is 1. The van der Waals surface area contributed by atoms with E-state index in [1.807, 2.05) is 0 Å². The lowest BCUT2D eigenvalue weighted by Gasteiger charge is -2.26. The topological polar surface area (TPSA) is 119 Å². The van der Waals surface area contributed by atoms with E-state index in [2.05, 4.69) is 5.32 Å². The number of nitrogens with zero attached hydrogens (tertiary/aromatic N) is 1. The second kappa shape index (κ2) is 8.27. The molecule has 1 heterocycles. The van der Waals surface area contributed by atoms with Gasteiger partial charge in [0, 0.05) is 24.3 Å². The number of hydrogen-bond acceptors (Lipinski definition) is 5. The second-order valence-electron chi connectivity index (χ2n) is 6.51. The van der Waals surface area contributed by atoms with Crippen molar-refractivity contribution >= 4 is 27.5 Å². The Balaban J connectivity index is 1.87. The zero-order valence-electron chi connectivity index (χ0n) is 15.6. The Kier molecular flexibility index (Phi) is 5.96. The van der Waals surface area contributed by atoms with Crippen LogP contribution in [0.5, 0.6) is 0 Å². The summed E-state index contributed by atoms with van der Waals surface area (Å²) in [6.07, 6.45) is 0. The molecular formula is C19H20FN3O5S. The van der Waals surface area contributed by atoms with E-state index in [-0.39, 0.29) is 31.2 Å². The molecule has 2 amide bonds. The summed E-state index contributed by atoms with van der Waals surface area (Å²) in [5.41, 5.74) is 6.00. The highest BCUT2D eigenvalue weighted by Crippen LogP contribution is 2.22. The van der Waals surface area contributed by atoms with Gasteiger partial charge in [0.05, 0.1) is 23.7 Å². The minimum absolute atomic E-state index is 0.175. The van der Waals surface area contributed by atoms with Gasteiger partial charge >= 0.3 is 0 Å². The smallest absolute Gasteiger partial charge is 0.258 e. The molecule has 154 valence electrons. The lowest BCUT2D eigenvalue weighted by Crippen LogP contribution is -2.40. The lowest BCUT2D eigenvalue weighted by molar-refractivity contribution is 0.0730. The van der Waals surface area contributed by atoms with Gasteiger partial charge in [0.25, 0.3) is 5.91 Å². The normalized spacial score (nSPS) is 15.1. The van der Waals surface area contributed by atoms with Crippen molar-refractivity contribution in [1.82, 2.24) is 4.31 Å². The van der Waals surface area contributed by atoms with Crippen LogP contribution < -0.4 is 11.1 Å². The third-order valence-corrected chi connectivity index (χ3v) is 6.43. The van der Waals surface area contributed by atoms with Crippen LogP contribution in [0.1, 0.15) is 26.3 Å². The Morgan fingerprint density at radius 2 is 1.79 bits per heavy atom. The summed E-state index contributed by atoms with van der Waals surface area (Å²) in [6, 6.07) is 7.51. The number of ether oxygens (including phenoxy) is 1. The quantitative estimate of drug-likeness (QED) is 0.759. The molecular weight excluding hydrogens is 401 g/mol. The van der Waals surface area contributed by atoms with Crippen LogP contribution >= 0.6 is 0 Å². The summed E-state index contributed by atoms with van der Waals surface area (Å²) in [5.74, 6) is -2.27. The number of morpholine rings is 1. The molecule has 2 aromatic rings. The number of primary amides is 1. The molecule has 1 aliphatic heterocycles. The summed E-state index contributed by atoms with van der Waals surface area (Å²) in [7, 11) is -3.87. The van der Waals surface area contributed by atoms with Crippen LogP contribution in [0.4, 0.5) is 10.1 Å². The van der Waals surface area contributed by atoms with Crippen LogP contribution in [0.3, 0.4) is 0 Å². The monoisotopic (exact) mass is 421 g/mol. The van der Waals surface area contributed by atoms with Crippen molar-refractivity contribution in [2.45, 2.75) is 11.8 Å². The molecule has 1 fully saturated rings. The summed E-state index contributed by atoms with van der Waals surface area (Å²) in [5, 5.41) is 2.50. The van der Waals surface area contributed by atoms with Gasteiger partial charge in [-0.05, 0) is 48.9 Å². The molecule has 0 aromatic heterocycles. The molecule has 0 unspecified atom stereocenters. The van der Waals surface area contributed by atoms with Gasteiger partial charge in [-0.2, -0.15) is 4.31 Å². The molecule has 0 spiro atoms.